The van der Waals surface area contributed by atoms with Crippen LogP contribution in [-0.4, -0.2) is 36.2 Å². The number of carbonyl (C=O) groups is 1. The minimum Gasteiger partial charge on any atom is -0.476 e. The molecule has 1 N–H and O–H groups in total. The standard InChI is InChI=1S/C13H11N5O3/c1-8-5-10(16-21-8)7-18-12(9-3-2-4-14-6-9)11(13(19)20)15-17-18/h2-6H,7H2,1H3,(H,19,20). The predicted molar refractivity (Wildman–Crippen MR) is 70.6 cm³/mol. The Kier molecular flexibility index (Phi) is 3.19. The first-order chi connectivity index (χ1) is 10.1. The molecule has 0 saturated heterocycles. The van der Waals surface area contributed by atoms with Crippen LogP contribution < -0.4 is 0 Å². The number of aromatic carboxylic acids is 1. The van der Waals surface area contributed by atoms with Crippen molar-refractivity contribution < 1.29 is 14.4 Å². The van der Waals surface area contributed by atoms with Gasteiger partial charge in [-0.15, -0.1) is 5.10 Å². The number of aromatic nitrogens is 5. The summed E-state index contributed by atoms with van der Waals surface area (Å²) < 4.78 is 6.47. The Morgan fingerprint density at radius 1 is 1.48 bits per heavy atom. The van der Waals surface area contributed by atoms with E-state index in [-0.39, 0.29) is 12.2 Å². The summed E-state index contributed by atoms with van der Waals surface area (Å²) in [4.78, 5) is 15.3. The second kappa shape index (κ2) is 5.16. The van der Waals surface area contributed by atoms with Crippen LogP contribution >= 0.6 is 0 Å². The molecule has 0 radical (unpaired) electrons. The van der Waals surface area contributed by atoms with E-state index in [1.165, 1.54) is 4.68 Å². The van der Waals surface area contributed by atoms with Crippen LogP contribution in [0.4, 0.5) is 0 Å². The number of aryl methyl sites for hydroxylation is 1. The van der Waals surface area contributed by atoms with Gasteiger partial charge in [0, 0.05) is 24.0 Å². The monoisotopic (exact) mass is 285 g/mol. The summed E-state index contributed by atoms with van der Waals surface area (Å²) in [5.41, 5.74) is 1.53. The van der Waals surface area contributed by atoms with Crippen LogP contribution in [0.3, 0.4) is 0 Å². The SMILES string of the molecule is Cc1cc(Cn2nnc(C(=O)O)c2-c2cccnc2)no1. The molecule has 0 atom stereocenters. The Morgan fingerprint density at radius 2 is 2.33 bits per heavy atom. The summed E-state index contributed by atoms with van der Waals surface area (Å²) >= 11 is 0. The van der Waals surface area contributed by atoms with E-state index in [1.807, 2.05) is 0 Å². The quantitative estimate of drug-likeness (QED) is 0.771. The zero-order valence-corrected chi connectivity index (χ0v) is 11.1. The predicted octanol–water partition coefficient (Wildman–Crippen LogP) is 1.38. The van der Waals surface area contributed by atoms with Crippen molar-refractivity contribution in [1.82, 2.24) is 25.1 Å². The molecule has 0 aromatic carbocycles. The molecule has 0 fully saturated rings. The summed E-state index contributed by atoms with van der Waals surface area (Å²) in [6, 6.07) is 5.23. The highest BCUT2D eigenvalue weighted by molar-refractivity contribution is 5.92. The lowest BCUT2D eigenvalue weighted by molar-refractivity contribution is 0.0691. The summed E-state index contributed by atoms with van der Waals surface area (Å²) in [6.45, 7) is 2.05. The van der Waals surface area contributed by atoms with Crippen LogP contribution in [0.1, 0.15) is 21.9 Å². The van der Waals surface area contributed by atoms with E-state index in [9.17, 15) is 9.90 Å². The van der Waals surface area contributed by atoms with Crippen molar-refractivity contribution >= 4 is 5.97 Å². The van der Waals surface area contributed by atoms with Crippen molar-refractivity contribution in [3.8, 4) is 11.3 Å². The van der Waals surface area contributed by atoms with E-state index in [0.29, 0.717) is 22.7 Å². The van der Waals surface area contributed by atoms with Crippen LogP contribution in [0.15, 0.2) is 35.1 Å². The van der Waals surface area contributed by atoms with Crippen LogP contribution in [0.5, 0.6) is 0 Å². The number of carboxylic acid groups (broad SMARTS) is 1. The molecule has 8 heteroatoms. The number of hydrogen-bond donors (Lipinski definition) is 1. The summed E-state index contributed by atoms with van der Waals surface area (Å²) in [6.07, 6.45) is 3.18. The minimum atomic E-state index is -1.14. The lowest BCUT2D eigenvalue weighted by atomic mass is 10.1. The Bertz CT molecular complexity index is 778. The van der Waals surface area contributed by atoms with Crippen LogP contribution in [0, 0.1) is 6.92 Å². The maximum absolute atomic E-state index is 11.3. The summed E-state index contributed by atoms with van der Waals surface area (Å²) in [5, 5.41) is 20.7. The molecule has 21 heavy (non-hydrogen) atoms. The molecule has 8 nitrogen and oxygen atoms in total. The third-order valence-electron chi connectivity index (χ3n) is 2.86. The largest absolute Gasteiger partial charge is 0.476 e. The zero-order valence-electron chi connectivity index (χ0n) is 11.1. The van der Waals surface area contributed by atoms with Crippen molar-refractivity contribution in [2.45, 2.75) is 13.5 Å². The lowest BCUT2D eigenvalue weighted by Gasteiger charge is -2.04. The van der Waals surface area contributed by atoms with Crippen molar-refractivity contribution in [2.75, 3.05) is 0 Å². The van der Waals surface area contributed by atoms with Crippen LogP contribution in [-0.2, 0) is 6.54 Å². The van der Waals surface area contributed by atoms with Gasteiger partial charge in [0.25, 0.3) is 0 Å². The number of pyridine rings is 1. The molecule has 3 heterocycles. The topological polar surface area (TPSA) is 107 Å². The second-order valence-corrected chi connectivity index (χ2v) is 4.42. The molecular weight excluding hydrogens is 274 g/mol. The van der Waals surface area contributed by atoms with E-state index in [2.05, 4.69) is 20.5 Å². The van der Waals surface area contributed by atoms with Crippen molar-refractivity contribution in [2.24, 2.45) is 0 Å². The lowest BCUT2D eigenvalue weighted by Crippen LogP contribution is -2.06. The Labute approximate surface area is 119 Å². The molecule has 0 aliphatic carbocycles. The van der Waals surface area contributed by atoms with Crippen molar-refractivity contribution in [1.29, 1.82) is 0 Å². The molecule has 3 aromatic rings. The third-order valence-corrected chi connectivity index (χ3v) is 2.86. The van der Waals surface area contributed by atoms with E-state index in [1.54, 1.807) is 37.5 Å². The molecule has 0 unspecified atom stereocenters. The molecule has 0 bridgehead atoms. The molecule has 0 aliphatic rings. The Balaban J connectivity index is 2.07. The van der Waals surface area contributed by atoms with Gasteiger partial charge in [0.2, 0.25) is 0 Å². The van der Waals surface area contributed by atoms with Crippen LogP contribution in [0.2, 0.25) is 0 Å². The molecule has 0 amide bonds. The van der Waals surface area contributed by atoms with Gasteiger partial charge >= 0.3 is 5.97 Å². The molecule has 3 rings (SSSR count). The van der Waals surface area contributed by atoms with Gasteiger partial charge in [-0.1, -0.05) is 10.4 Å². The van der Waals surface area contributed by atoms with Crippen molar-refractivity contribution in [3.63, 3.8) is 0 Å². The second-order valence-electron chi connectivity index (χ2n) is 4.42. The minimum absolute atomic E-state index is 0.122. The average molecular weight is 285 g/mol. The highest BCUT2D eigenvalue weighted by Gasteiger charge is 2.21. The maximum Gasteiger partial charge on any atom is 0.358 e. The Morgan fingerprint density at radius 3 is 2.95 bits per heavy atom. The summed E-state index contributed by atoms with van der Waals surface area (Å²) in [5.74, 6) is -0.470. The zero-order chi connectivity index (χ0) is 14.8. The fraction of sp³-hybridized carbons (Fsp3) is 0.154. The number of rotatable bonds is 4. The molecule has 3 aromatic heterocycles. The fourth-order valence-corrected chi connectivity index (χ4v) is 2.00. The maximum atomic E-state index is 11.3. The number of nitrogens with zero attached hydrogens (tertiary/aromatic N) is 5. The highest BCUT2D eigenvalue weighted by atomic mass is 16.5. The van der Waals surface area contributed by atoms with Gasteiger partial charge in [-0.05, 0) is 19.1 Å². The normalized spacial score (nSPS) is 10.7. The van der Waals surface area contributed by atoms with Crippen LogP contribution in [0.25, 0.3) is 11.3 Å². The fourth-order valence-electron chi connectivity index (χ4n) is 2.00. The molecule has 0 saturated carbocycles. The smallest absolute Gasteiger partial charge is 0.358 e. The first-order valence-corrected chi connectivity index (χ1v) is 6.14. The van der Waals surface area contributed by atoms with Gasteiger partial charge in [0.1, 0.15) is 17.1 Å². The Hall–Kier alpha value is -3.03. The third kappa shape index (κ3) is 2.50. The van der Waals surface area contributed by atoms with Gasteiger partial charge in [0.05, 0.1) is 6.54 Å². The van der Waals surface area contributed by atoms with E-state index in [0.717, 1.165) is 0 Å². The van der Waals surface area contributed by atoms with Crippen molar-refractivity contribution in [3.05, 3.63) is 47.7 Å². The number of carboxylic acids is 1. The van der Waals surface area contributed by atoms with Gasteiger partial charge < -0.3 is 9.63 Å². The van der Waals surface area contributed by atoms with Gasteiger partial charge in [-0.3, -0.25) is 4.98 Å². The van der Waals surface area contributed by atoms with E-state index in [4.69, 9.17) is 4.52 Å². The van der Waals surface area contributed by atoms with Gasteiger partial charge in [0.15, 0.2) is 5.69 Å². The van der Waals surface area contributed by atoms with E-state index >= 15 is 0 Å². The highest BCUT2D eigenvalue weighted by Crippen LogP contribution is 2.22. The first-order valence-electron chi connectivity index (χ1n) is 6.14. The van der Waals surface area contributed by atoms with E-state index < -0.39 is 5.97 Å². The molecule has 0 spiro atoms. The molecule has 106 valence electrons. The average Bonchev–Trinajstić information content (AvgIpc) is 3.07. The molecular formula is C13H11N5O3. The van der Waals surface area contributed by atoms with Gasteiger partial charge in [-0.25, -0.2) is 9.48 Å². The van der Waals surface area contributed by atoms with Gasteiger partial charge in [-0.2, -0.15) is 0 Å². The summed E-state index contributed by atoms with van der Waals surface area (Å²) in [7, 11) is 0. The first kappa shape index (κ1) is 13.0. The number of hydrogen-bond acceptors (Lipinski definition) is 6. The molecule has 0 aliphatic heterocycles.